The van der Waals surface area contributed by atoms with Crippen molar-refractivity contribution in [2.45, 2.75) is 32.7 Å². The van der Waals surface area contributed by atoms with Crippen LogP contribution in [0.5, 0.6) is 0 Å². The first-order valence-corrected chi connectivity index (χ1v) is 6.32. The van der Waals surface area contributed by atoms with Crippen LogP contribution in [0.2, 0.25) is 5.02 Å². The highest BCUT2D eigenvalue weighted by Gasteiger charge is 2.22. The maximum Gasteiger partial charge on any atom is 0.322 e. The molecule has 0 aromatic heterocycles. The van der Waals surface area contributed by atoms with Gasteiger partial charge in [-0.25, -0.2) is 4.79 Å². The first-order chi connectivity index (χ1) is 8.08. The van der Waals surface area contributed by atoms with Gasteiger partial charge in [-0.15, -0.1) is 0 Å². The molecule has 2 rings (SSSR count). The first kappa shape index (κ1) is 12.2. The van der Waals surface area contributed by atoms with E-state index in [0.29, 0.717) is 0 Å². The molecule has 92 valence electrons. The van der Waals surface area contributed by atoms with Crippen LogP contribution in [0.1, 0.15) is 25.8 Å². The summed E-state index contributed by atoms with van der Waals surface area (Å²) in [5, 5.41) is 3.65. The molecule has 0 radical (unpaired) electrons. The second-order valence-electron chi connectivity index (χ2n) is 4.63. The lowest BCUT2D eigenvalue weighted by Crippen LogP contribution is -2.45. The van der Waals surface area contributed by atoms with Crippen molar-refractivity contribution in [3.05, 3.63) is 28.8 Å². The molecule has 0 fully saturated rings. The van der Waals surface area contributed by atoms with E-state index in [0.717, 1.165) is 35.7 Å². The minimum absolute atomic E-state index is 0.0247. The summed E-state index contributed by atoms with van der Waals surface area (Å²) in [4.78, 5) is 13.8. The number of halogens is 1. The van der Waals surface area contributed by atoms with Gasteiger partial charge in [0.2, 0.25) is 0 Å². The van der Waals surface area contributed by atoms with Gasteiger partial charge in [0.25, 0.3) is 0 Å². The quantitative estimate of drug-likeness (QED) is 0.818. The predicted molar refractivity (Wildman–Crippen MR) is 70.8 cm³/mol. The van der Waals surface area contributed by atoms with Gasteiger partial charge in [0.1, 0.15) is 0 Å². The number of nitrogens with zero attached hydrogens (tertiary/aromatic N) is 1. The number of benzene rings is 1. The van der Waals surface area contributed by atoms with Crippen molar-refractivity contribution in [2.24, 2.45) is 0 Å². The van der Waals surface area contributed by atoms with Crippen molar-refractivity contribution in [3.63, 3.8) is 0 Å². The van der Waals surface area contributed by atoms with Crippen molar-refractivity contribution in [3.8, 4) is 0 Å². The molecular formula is C13H17ClN2O. The van der Waals surface area contributed by atoms with Crippen LogP contribution in [0.15, 0.2) is 18.2 Å². The fourth-order valence-corrected chi connectivity index (χ4v) is 2.30. The second-order valence-corrected chi connectivity index (χ2v) is 5.07. The second kappa shape index (κ2) is 4.96. The van der Waals surface area contributed by atoms with Crippen LogP contribution >= 0.6 is 11.6 Å². The zero-order valence-corrected chi connectivity index (χ0v) is 10.9. The molecule has 4 heteroatoms. The SMILES string of the molecule is CC(C)NC(=O)N1CCCc2cc(Cl)ccc21. The Hall–Kier alpha value is -1.22. The molecule has 0 bridgehead atoms. The highest BCUT2D eigenvalue weighted by atomic mass is 35.5. The molecule has 1 aliphatic heterocycles. The normalized spacial score (nSPS) is 14.7. The highest BCUT2D eigenvalue weighted by Crippen LogP contribution is 2.29. The molecule has 1 aromatic carbocycles. The van der Waals surface area contributed by atoms with Crippen molar-refractivity contribution in [1.29, 1.82) is 0 Å². The predicted octanol–water partition coefficient (Wildman–Crippen LogP) is 3.21. The van der Waals surface area contributed by atoms with Gasteiger partial charge in [-0.1, -0.05) is 11.6 Å². The summed E-state index contributed by atoms with van der Waals surface area (Å²) in [5.41, 5.74) is 2.14. The number of hydrogen-bond acceptors (Lipinski definition) is 1. The fraction of sp³-hybridized carbons (Fsp3) is 0.462. The number of carbonyl (C=O) groups excluding carboxylic acids is 1. The third-order valence-corrected chi connectivity index (χ3v) is 3.05. The van der Waals surface area contributed by atoms with E-state index in [1.165, 1.54) is 0 Å². The first-order valence-electron chi connectivity index (χ1n) is 5.94. The minimum Gasteiger partial charge on any atom is -0.336 e. The van der Waals surface area contributed by atoms with Crippen molar-refractivity contribution in [1.82, 2.24) is 5.32 Å². The molecule has 0 spiro atoms. The van der Waals surface area contributed by atoms with Gasteiger partial charge in [-0.05, 0) is 50.5 Å². The van der Waals surface area contributed by atoms with E-state index in [4.69, 9.17) is 11.6 Å². The van der Waals surface area contributed by atoms with Crippen LogP contribution in [-0.2, 0) is 6.42 Å². The zero-order chi connectivity index (χ0) is 12.4. The van der Waals surface area contributed by atoms with Crippen LogP contribution in [0.25, 0.3) is 0 Å². The van der Waals surface area contributed by atoms with Crippen LogP contribution in [0.4, 0.5) is 10.5 Å². The number of aryl methyl sites for hydroxylation is 1. The summed E-state index contributed by atoms with van der Waals surface area (Å²) in [7, 11) is 0. The fourth-order valence-electron chi connectivity index (χ4n) is 2.10. The van der Waals surface area contributed by atoms with Gasteiger partial charge in [0.15, 0.2) is 0 Å². The molecule has 0 saturated carbocycles. The lowest BCUT2D eigenvalue weighted by molar-refractivity contribution is 0.243. The van der Waals surface area contributed by atoms with Crippen molar-refractivity contribution in [2.75, 3.05) is 11.4 Å². The number of amides is 2. The Morgan fingerprint density at radius 3 is 2.94 bits per heavy atom. The molecule has 17 heavy (non-hydrogen) atoms. The van der Waals surface area contributed by atoms with E-state index in [-0.39, 0.29) is 12.1 Å². The average molecular weight is 253 g/mol. The van der Waals surface area contributed by atoms with E-state index in [2.05, 4.69) is 5.32 Å². The maximum atomic E-state index is 12.0. The van der Waals surface area contributed by atoms with Crippen LogP contribution < -0.4 is 10.2 Å². The Kier molecular flexibility index (Phi) is 3.57. The number of carbonyl (C=O) groups is 1. The van der Waals surface area contributed by atoms with Crippen molar-refractivity contribution >= 4 is 23.3 Å². The van der Waals surface area contributed by atoms with Gasteiger partial charge < -0.3 is 5.32 Å². The van der Waals surface area contributed by atoms with E-state index in [1.807, 2.05) is 32.0 Å². The Labute approximate surface area is 107 Å². The molecule has 1 aromatic rings. The number of hydrogen-bond donors (Lipinski definition) is 1. The van der Waals surface area contributed by atoms with E-state index >= 15 is 0 Å². The number of urea groups is 1. The Morgan fingerprint density at radius 1 is 1.47 bits per heavy atom. The van der Waals surface area contributed by atoms with Crippen molar-refractivity contribution < 1.29 is 4.79 Å². The van der Waals surface area contributed by atoms with Crippen LogP contribution in [0.3, 0.4) is 0 Å². The molecule has 1 heterocycles. The average Bonchev–Trinajstić information content (AvgIpc) is 2.26. The Morgan fingerprint density at radius 2 is 2.24 bits per heavy atom. The molecular weight excluding hydrogens is 236 g/mol. The largest absolute Gasteiger partial charge is 0.336 e. The van der Waals surface area contributed by atoms with E-state index in [9.17, 15) is 4.79 Å². The summed E-state index contributed by atoms with van der Waals surface area (Å²) in [6, 6.07) is 5.84. The number of fused-ring (bicyclic) bond motifs is 1. The Bertz CT molecular complexity index is 431. The summed E-state index contributed by atoms with van der Waals surface area (Å²) < 4.78 is 0. The molecule has 3 nitrogen and oxygen atoms in total. The van der Waals surface area contributed by atoms with Crippen LogP contribution in [0, 0.1) is 0 Å². The molecule has 0 saturated heterocycles. The highest BCUT2D eigenvalue weighted by molar-refractivity contribution is 6.30. The number of nitrogens with one attached hydrogen (secondary N) is 1. The lowest BCUT2D eigenvalue weighted by Gasteiger charge is -2.30. The minimum atomic E-state index is -0.0247. The standard InChI is InChI=1S/C13H17ClN2O/c1-9(2)15-13(17)16-7-3-4-10-8-11(14)5-6-12(10)16/h5-6,8-9H,3-4,7H2,1-2H3,(H,15,17). The lowest BCUT2D eigenvalue weighted by atomic mass is 10.0. The molecule has 1 N–H and O–H groups in total. The maximum absolute atomic E-state index is 12.0. The monoisotopic (exact) mass is 252 g/mol. The molecule has 0 aliphatic carbocycles. The van der Waals surface area contributed by atoms with Gasteiger partial charge in [0, 0.05) is 23.3 Å². The summed E-state index contributed by atoms with van der Waals surface area (Å²) in [6.45, 7) is 4.70. The van der Waals surface area contributed by atoms with Gasteiger partial charge in [0.05, 0.1) is 0 Å². The molecule has 0 unspecified atom stereocenters. The smallest absolute Gasteiger partial charge is 0.322 e. The van der Waals surface area contributed by atoms with Gasteiger partial charge in [-0.2, -0.15) is 0 Å². The summed E-state index contributed by atoms with van der Waals surface area (Å²) in [5.74, 6) is 0. The topological polar surface area (TPSA) is 32.3 Å². The van der Waals surface area contributed by atoms with E-state index < -0.39 is 0 Å². The number of rotatable bonds is 1. The van der Waals surface area contributed by atoms with Gasteiger partial charge in [-0.3, -0.25) is 4.90 Å². The van der Waals surface area contributed by atoms with Crippen LogP contribution in [-0.4, -0.2) is 18.6 Å². The van der Waals surface area contributed by atoms with Gasteiger partial charge >= 0.3 is 6.03 Å². The third kappa shape index (κ3) is 2.72. The number of anilines is 1. The summed E-state index contributed by atoms with van der Waals surface area (Å²) >= 11 is 5.97. The molecule has 0 atom stereocenters. The summed E-state index contributed by atoms with van der Waals surface area (Å²) in [6.07, 6.45) is 1.97. The Balaban J connectivity index is 2.25. The zero-order valence-electron chi connectivity index (χ0n) is 10.2. The molecule has 1 aliphatic rings. The molecule has 2 amide bonds. The third-order valence-electron chi connectivity index (χ3n) is 2.82. The van der Waals surface area contributed by atoms with E-state index in [1.54, 1.807) is 4.90 Å².